The van der Waals surface area contributed by atoms with Crippen LogP contribution in [0.1, 0.15) is 41.5 Å². The molecule has 0 spiro atoms. The third-order valence-electron chi connectivity index (χ3n) is 3.35. The highest BCUT2D eigenvalue weighted by Gasteiger charge is 2.44. The maximum absolute atomic E-state index is 10.2. The topological polar surface area (TPSA) is 26.3 Å². The number of carbonyl (C=O) groups is 1. The van der Waals surface area contributed by atoms with Crippen molar-refractivity contribution < 1.29 is 9.22 Å². The Hall–Kier alpha value is -0.413. The van der Waals surface area contributed by atoms with Crippen LogP contribution in [0, 0.1) is 0 Å². The minimum absolute atomic E-state index is 0.569. The molecule has 94 valence electrons. The van der Waals surface area contributed by atoms with Crippen LogP contribution < -0.4 is 0 Å². The first-order valence-electron chi connectivity index (χ1n) is 6.13. The Morgan fingerprint density at radius 3 is 1.75 bits per heavy atom. The van der Waals surface area contributed by atoms with Gasteiger partial charge in [-0.25, -0.2) is 0 Å². The second-order valence-corrected chi connectivity index (χ2v) is 10.7. The molecule has 0 unspecified atom stereocenters. The number of hydrogen-bond acceptors (Lipinski definition) is 2. The van der Waals surface area contributed by atoms with Crippen LogP contribution >= 0.6 is 0 Å². The minimum Gasteiger partial charge on any atom is -0.412 e. The summed E-state index contributed by atoms with van der Waals surface area (Å²) < 4.78 is 6.21. The van der Waals surface area contributed by atoms with Gasteiger partial charge in [-0.3, -0.25) is 4.79 Å². The van der Waals surface area contributed by atoms with Crippen molar-refractivity contribution in [2.45, 2.75) is 58.2 Å². The summed E-state index contributed by atoms with van der Waals surface area (Å²) in [7, 11) is -1.74. The second kappa shape index (κ2) is 7.02. The van der Waals surface area contributed by atoms with Gasteiger partial charge >= 0.3 is 0 Å². The van der Waals surface area contributed by atoms with Gasteiger partial charge in [-0.15, -0.1) is 0 Å². The molecule has 0 saturated carbocycles. The maximum atomic E-state index is 10.2. The fourth-order valence-electron chi connectivity index (χ4n) is 2.80. The zero-order valence-corrected chi connectivity index (χ0v) is 12.5. The van der Waals surface area contributed by atoms with Crippen molar-refractivity contribution in [1.82, 2.24) is 0 Å². The summed E-state index contributed by atoms with van der Waals surface area (Å²) in [6.45, 7) is 14.1. The van der Waals surface area contributed by atoms with Gasteiger partial charge in [0.15, 0.2) is 0 Å². The molecule has 0 saturated heterocycles. The fourth-order valence-corrected chi connectivity index (χ4v) is 8.19. The highest BCUT2D eigenvalue weighted by molar-refractivity contribution is 6.77. The SMILES string of the molecule is CC(C)[Si](OCC=CC=O)(C(C)C)C(C)C. The summed E-state index contributed by atoms with van der Waals surface area (Å²) in [6, 6.07) is 0. The van der Waals surface area contributed by atoms with E-state index in [2.05, 4.69) is 41.5 Å². The van der Waals surface area contributed by atoms with Crippen molar-refractivity contribution >= 4 is 14.6 Å². The van der Waals surface area contributed by atoms with Crippen molar-refractivity contribution in [3.05, 3.63) is 12.2 Å². The lowest BCUT2D eigenvalue weighted by Gasteiger charge is -2.41. The van der Waals surface area contributed by atoms with Gasteiger partial charge in [0, 0.05) is 0 Å². The largest absolute Gasteiger partial charge is 0.412 e. The van der Waals surface area contributed by atoms with E-state index in [1.807, 2.05) is 6.08 Å². The van der Waals surface area contributed by atoms with Gasteiger partial charge in [-0.2, -0.15) is 0 Å². The van der Waals surface area contributed by atoms with Crippen LogP contribution in [-0.2, 0) is 9.22 Å². The van der Waals surface area contributed by atoms with E-state index in [-0.39, 0.29) is 0 Å². The quantitative estimate of drug-likeness (QED) is 0.384. The van der Waals surface area contributed by atoms with E-state index >= 15 is 0 Å². The lowest BCUT2D eigenvalue weighted by atomic mass is 10.5. The van der Waals surface area contributed by atoms with Crippen molar-refractivity contribution in [2.24, 2.45) is 0 Å². The molecular formula is C13H26O2Si. The van der Waals surface area contributed by atoms with Crippen LogP contribution in [0.4, 0.5) is 0 Å². The first kappa shape index (κ1) is 15.6. The molecule has 0 aromatic carbocycles. The highest BCUT2D eigenvalue weighted by atomic mass is 28.4. The Morgan fingerprint density at radius 2 is 1.44 bits per heavy atom. The predicted octanol–water partition coefficient (Wildman–Crippen LogP) is 3.93. The molecule has 0 amide bonds. The molecule has 0 aromatic rings. The molecule has 2 nitrogen and oxygen atoms in total. The molecule has 0 aliphatic heterocycles. The summed E-state index contributed by atoms with van der Waals surface area (Å²) in [5.74, 6) is 0. The normalized spacial score (nSPS) is 13.3. The van der Waals surface area contributed by atoms with Crippen LogP contribution in [0.2, 0.25) is 16.6 Å². The molecule has 0 aromatic heterocycles. The van der Waals surface area contributed by atoms with Gasteiger partial charge in [0.05, 0.1) is 6.61 Å². The summed E-state index contributed by atoms with van der Waals surface area (Å²) in [5, 5.41) is 0. The van der Waals surface area contributed by atoms with Gasteiger partial charge in [-0.1, -0.05) is 47.6 Å². The Kier molecular flexibility index (Phi) is 6.84. The van der Waals surface area contributed by atoms with Gasteiger partial charge in [-0.05, 0) is 22.7 Å². The van der Waals surface area contributed by atoms with Gasteiger partial charge in [0.2, 0.25) is 8.32 Å². The summed E-state index contributed by atoms with van der Waals surface area (Å²) in [4.78, 5) is 10.2. The molecule has 0 aliphatic rings. The Labute approximate surface area is 101 Å². The van der Waals surface area contributed by atoms with Crippen molar-refractivity contribution in [3.8, 4) is 0 Å². The summed E-state index contributed by atoms with van der Waals surface area (Å²) in [6.07, 6.45) is 4.12. The molecule has 0 heterocycles. The smallest absolute Gasteiger partial charge is 0.200 e. The Morgan fingerprint density at radius 1 is 1.00 bits per heavy atom. The monoisotopic (exact) mass is 242 g/mol. The van der Waals surface area contributed by atoms with Crippen molar-refractivity contribution in [1.29, 1.82) is 0 Å². The van der Waals surface area contributed by atoms with Crippen molar-refractivity contribution in [3.63, 3.8) is 0 Å². The molecule has 0 radical (unpaired) electrons. The molecule has 0 bridgehead atoms. The van der Waals surface area contributed by atoms with E-state index in [0.717, 1.165) is 6.29 Å². The maximum Gasteiger partial charge on any atom is 0.200 e. The van der Waals surface area contributed by atoms with Crippen LogP contribution in [0.25, 0.3) is 0 Å². The lowest BCUT2D eigenvalue weighted by molar-refractivity contribution is -0.104. The first-order chi connectivity index (χ1) is 7.39. The standard InChI is InChI=1S/C13H26O2Si/c1-11(2)16(12(3)4,13(5)6)15-10-8-7-9-14/h7-9,11-13H,10H2,1-6H3. The third-order valence-corrected chi connectivity index (χ3v) is 9.43. The summed E-state index contributed by atoms with van der Waals surface area (Å²) in [5.41, 5.74) is 1.78. The average molecular weight is 242 g/mol. The van der Waals surface area contributed by atoms with Crippen LogP contribution in [-0.4, -0.2) is 21.2 Å². The molecule has 3 heteroatoms. The number of aldehydes is 1. The van der Waals surface area contributed by atoms with E-state index in [1.165, 1.54) is 6.08 Å². The minimum atomic E-state index is -1.74. The Balaban J connectivity index is 4.76. The zero-order valence-electron chi connectivity index (χ0n) is 11.5. The number of allylic oxidation sites excluding steroid dienone is 1. The van der Waals surface area contributed by atoms with Crippen LogP contribution in [0.15, 0.2) is 12.2 Å². The number of carbonyl (C=O) groups excluding carboxylic acids is 1. The Bertz CT molecular complexity index is 210. The van der Waals surface area contributed by atoms with E-state index < -0.39 is 8.32 Å². The molecule has 0 aliphatic carbocycles. The van der Waals surface area contributed by atoms with Gasteiger partial charge in [0.1, 0.15) is 6.29 Å². The highest BCUT2D eigenvalue weighted by Crippen LogP contribution is 2.42. The molecule has 16 heavy (non-hydrogen) atoms. The lowest BCUT2D eigenvalue weighted by Crippen LogP contribution is -2.47. The van der Waals surface area contributed by atoms with E-state index in [0.29, 0.717) is 23.2 Å². The predicted molar refractivity (Wildman–Crippen MR) is 72.2 cm³/mol. The molecule has 0 rings (SSSR count). The molecule has 0 N–H and O–H groups in total. The van der Waals surface area contributed by atoms with Crippen LogP contribution in [0.3, 0.4) is 0 Å². The van der Waals surface area contributed by atoms with Gasteiger partial charge < -0.3 is 4.43 Å². The number of hydrogen-bond donors (Lipinski definition) is 0. The molecule has 0 atom stereocenters. The zero-order chi connectivity index (χ0) is 12.8. The third kappa shape index (κ3) is 3.56. The van der Waals surface area contributed by atoms with E-state index in [4.69, 9.17) is 4.43 Å². The fraction of sp³-hybridized carbons (Fsp3) is 0.769. The first-order valence-corrected chi connectivity index (χ1v) is 8.27. The van der Waals surface area contributed by atoms with Gasteiger partial charge in [0.25, 0.3) is 0 Å². The van der Waals surface area contributed by atoms with E-state index in [1.54, 1.807) is 0 Å². The molecule has 0 fully saturated rings. The molecular weight excluding hydrogens is 216 g/mol. The van der Waals surface area contributed by atoms with Crippen molar-refractivity contribution in [2.75, 3.05) is 6.61 Å². The second-order valence-electron chi connectivity index (χ2n) is 5.19. The average Bonchev–Trinajstić information content (AvgIpc) is 2.16. The summed E-state index contributed by atoms with van der Waals surface area (Å²) >= 11 is 0. The number of rotatable bonds is 7. The van der Waals surface area contributed by atoms with Crippen LogP contribution in [0.5, 0.6) is 0 Å². The van der Waals surface area contributed by atoms with E-state index in [9.17, 15) is 4.79 Å².